The number of carbonyl (C=O) groups excluding carboxylic acids is 2. The van der Waals surface area contributed by atoms with Crippen LogP contribution in [0.4, 0.5) is 4.39 Å². The van der Waals surface area contributed by atoms with Crippen LogP contribution >= 0.6 is 0 Å². The summed E-state index contributed by atoms with van der Waals surface area (Å²) in [5, 5.41) is 2.81. The highest BCUT2D eigenvalue weighted by Crippen LogP contribution is 2.23. The molecule has 1 aromatic rings. The van der Waals surface area contributed by atoms with Crippen molar-refractivity contribution >= 4 is 11.8 Å². The van der Waals surface area contributed by atoms with Crippen molar-refractivity contribution in [3.8, 4) is 0 Å². The third-order valence-corrected chi connectivity index (χ3v) is 4.41. The molecule has 0 aromatic heterocycles. The fourth-order valence-corrected chi connectivity index (χ4v) is 2.95. The number of hydrogen-bond donors (Lipinski definition) is 1. The normalized spacial score (nSPS) is 15.3. The number of likely N-dealkylation sites (tertiary alicyclic amines) is 1. The number of nitrogens with zero attached hydrogens (tertiary/aromatic N) is 1. The Labute approximate surface area is 142 Å². The SMILES string of the molecule is COCCNC(=O)CCC1CCN(C(=O)c2ccccc2F)CC1. The largest absolute Gasteiger partial charge is 0.383 e. The molecule has 1 N–H and O–H groups in total. The van der Waals surface area contributed by atoms with E-state index >= 15 is 0 Å². The van der Waals surface area contributed by atoms with Crippen LogP contribution in [0.1, 0.15) is 36.0 Å². The van der Waals surface area contributed by atoms with E-state index in [4.69, 9.17) is 4.74 Å². The summed E-state index contributed by atoms with van der Waals surface area (Å²) in [7, 11) is 1.60. The molecule has 1 heterocycles. The third-order valence-electron chi connectivity index (χ3n) is 4.41. The molecule has 0 atom stereocenters. The van der Waals surface area contributed by atoms with Crippen LogP contribution in [0.25, 0.3) is 0 Å². The van der Waals surface area contributed by atoms with Gasteiger partial charge in [0.15, 0.2) is 0 Å². The molecule has 0 aliphatic carbocycles. The Morgan fingerprint density at radius 3 is 2.67 bits per heavy atom. The van der Waals surface area contributed by atoms with E-state index in [1.807, 2.05) is 0 Å². The standard InChI is InChI=1S/C18H25FN2O3/c1-24-13-10-20-17(22)7-6-14-8-11-21(12-9-14)18(23)15-4-2-3-5-16(15)19/h2-5,14H,6-13H2,1H3,(H,20,22). The zero-order chi connectivity index (χ0) is 17.4. The van der Waals surface area contributed by atoms with E-state index in [1.165, 1.54) is 12.1 Å². The molecule has 1 saturated heterocycles. The molecule has 2 rings (SSSR count). The molecule has 1 aliphatic heterocycles. The fourth-order valence-electron chi connectivity index (χ4n) is 2.95. The summed E-state index contributed by atoms with van der Waals surface area (Å²) in [6.45, 7) is 2.28. The minimum Gasteiger partial charge on any atom is -0.383 e. The molecular weight excluding hydrogens is 311 g/mol. The molecular formula is C18H25FN2O3. The predicted octanol–water partition coefficient (Wildman–Crippen LogP) is 2.22. The Kier molecular flexibility index (Phi) is 7.18. The topological polar surface area (TPSA) is 58.6 Å². The van der Waals surface area contributed by atoms with Gasteiger partial charge in [0.05, 0.1) is 12.2 Å². The molecule has 0 bridgehead atoms. The molecule has 0 radical (unpaired) electrons. The number of rotatable bonds is 7. The lowest BCUT2D eigenvalue weighted by molar-refractivity contribution is -0.121. The van der Waals surface area contributed by atoms with Gasteiger partial charge in [-0.15, -0.1) is 0 Å². The monoisotopic (exact) mass is 336 g/mol. The van der Waals surface area contributed by atoms with Gasteiger partial charge in [0.2, 0.25) is 5.91 Å². The van der Waals surface area contributed by atoms with Gasteiger partial charge in [0, 0.05) is 33.2 Å². The molecule has 0 saturated carbocycles. The van der Waals surface area contributed by atoms with Gasteiger partial charge in [0.1, 0.15) is 5.82 Å². The second-order valence-corrected chi connectivity index (χ2v) is 6.10. The second kappa shape index (κ2) is 9.37. The molecule has 5 nitrogen and oxygen atoms in total. The van der Waals surface area contributed by atoms with E-state index in [2.05, 4.69) is 5.32 Å². The van der Waals surface area contributed by atoms with Crippen LogP contribution in [0.15, 0.2) is 24.3 Å². The van der Waals surface area contributed by atoms with E-state index in [0.717, 1.165) is 19.3 Å². The van der Waals surface area contributed by atoms with Crippen molar-refractivity contribution in [2.24, 2.45) is 5.92 Å². The van der Waals surface area contributed by atoms with Gasteiger partial charge in [-0.2, -0.15) is 0 Å². The van der Waals surface area contributed by atoms with Gasteiger partial charge >= 0.3 is 0 Å². The Morgan fingerprint density at radius 2 is 2.00 bits per heavy atom. The minimum absolute atomic E-state index is 0.0388. The van der Waals surface area contributed by atoms with Crippen LogP contribution in [0.2, 0.25) is 0 Å². The van der Waals surface area contributed by atoms with Crippen molar-refractivity contribution < 1.29 is 18.7 Å². The maximum atomic E-state index is 13.7. The first-order chi connectivity index (χ1) is 11.6. The van der Waals surface area contributed by atoms with E-state index in [1.54, 1.807) is 24.1 Å². The average Bonchev–Trinajstić information content (AvgIpc) is 2.60. The molecule has 1 aliphatic rings. The number of carbonyl (C=O) groups is 2. The maximum Gasteiger partial charge on any atom is 0.256 e. The summed E-state index contributed by atoms with van der Waals surface area (Å²) >= 11 is 0. The zero-order valence-corrected chi connectivity index (χ0v) is 14.1. The first kappa shape index (κ1) is 18.4. The average molecular weight is 336 g/mol. The minimum atomic E-state index is -0.475. The Morgan fingerprint density at radius 1 is 1.29 bits per heavy atom. The van der Waals surface area contributed by atoms with Gasteiger partial charge in [-0.05, 0) is 37.3 Å². The van der Waals surface area contributed by atoms with Gasteiger partial charge in [-0.3, -0.25) is 9.59 Å². The molecule has 1 aromatic carbocycles. The molecule has 0 unspecified atom stereocenters. The van der Waals surface area contributed by atoms with Crippen molar-refractivity contribution in [3.05, 3.63) is 35.6 Å². The van der Waals surface area contributed by atoms with Crippen LogP contribution < -0.4 is 5.32 Å². The Bertz CT molecular complexity index is 557. The number of ether oxygens (including phenoxy) is 1. The number of benzene rings is 1. The number of hydrogen-bond acceptors (Lipinski definition) is 3. The number of nitrogens with one attached hydrogen (secondary N) is 1. The summed E-state index contributed by atoms with van der Waals surface area (Å²) < 4.78 is 18.6. The van der Waals surface area contributed by atoms with E-state index < -0.39 is 5.82 Å². The van der Waals surface area contributed by atoms with E-state index in [0.29, 0.717) is 38.6 Å². The number of piperidine rings is 1. The van der Waals surface area contributed by atoms with Crippen molar-refractivity contribution in [1.82, 2.24) is 10.2 Å². The van der Waals surface area contributed by atoms with Crippen molar-refractivity contribution in [2.45, 2.75) is 25.7 Å². The quantitative estimate of drug-likeness (QED) is 0.777. The Balaban J connectivity index is 1.72. The van der Waals surface area contributed by atoms with E-state index in [-0.39, 0.29) is 17.4 Å². The summed E-state index contributed by atoms with van der Waals surface area (Å²) in [6.07, 6.45) is 3.02. The lowest BCUT2D eigenvalue weighted by atomic mass is 9.91. The molecule has 2 amide bonds. The molecule has 0 spiro atoms. The molecule has 24 heavy (non-hydrogen) atoms. The lowest BCUT2D eigenvalue weighted by Crippen LogP contribution is -2.39. The van der Waals surface area contributed by atoms with Crippen LogP contribution in [0, 0.1) is 11.7 Å². The molecule has 1 fully saturated rings. The summed E-state index contributed by atoms with van der Waals surface area (Å²) in [4.78, 5) is 25.7. The first-order valence-corrected chi connectivity index (χ1v) is 8.41. The predicted molar refractivity (Wildman–Crippen MR) is 89.1 cm³/mol. The summed E-state index contributed by atoms with van der Waals surface area (Å²) in [6, 6.07) is 6.08. The molecule has 6 heteroatoms. The lowest BCUT2D eigenvalue weighted by Gasteiger charge is -2.32. The Hall–Kier alpha value is -1.95. The highest BCUT2D eigenvalue weighted by Gasteiger charge is 2.25. The van der Waals surface area contributed by atoms with Gasteiger partial charge < -0.3 is 15.0 Å². The molecule has 132 valence electrons. The van der Waals surface area contributed by atoms with Crippen molar-refractivity contribution in [2.75, 3.05) is 33.4 Å². The fraction of sp³-hybridized carbons (Fsp3) is 0.556. The highest BCUT2D eigenvalue weighted by atomic mass is 19.1. The van der Waals surface area contributed by atoms with Crippen LogP contribution in [-0.4, -0.2) is 50.1 Å². The smallest absolute Gasteiger partial charge is 0.256 e. The number of amides is 2. The van der Waals surface area contributed by atoms with Crippen molar-refractivity contribution in [3.63, 3.8) is 0 Å². The number of halogens is 1. The highest BCUT2D eigenvalue weighted by molar-refractivity contribution is 5.94. The maximum absolute atomic E-state index is 13.7. The van der Waals surface area contributed by atoms with Crippen LogP contribution in [-0.2, 0) is 9.53 Å². The van der Waals surface area contributed by atoms with Crippen molar-refractivity contribution in [1.29, 1.82) is 0 Å². The second-order valence-electron chi connectivity index (χ2n) is 6.10. The van der Waals surface area contributed by atoms with Gasteiger partial charge in [-0.1, -0.05) is 12.1 Å². The first-order valence-electron chi connectivity index (χ1n) is 8.41. The van der Waals surface area contributed by atoms with Gasteiger partial charge in [0.25, 0.3) is 5.91 Å². The number of methoxy groups -OCH3 is 1. The zero-order valence-electron chi connectivity index (χ0n) is 14.1. The van der Waals surface area contributed by atoms with E-state index in [9.17, 15) is 14.0 Å². The van der Waals surface area contributed by atoms with Crippen LogP contribution in [0.5, 0.6) is 0 Å². The van der Waals surface area contributed by atoms with Crippen LogP contribution in [0.3, 0.4) is 0 Å². The summed E-state index contributed by atoms with van der Waals surface area (Å²) in [5.74, 6) is -0.249. The summed E-state index contributed by atoms with van der Waals surface area (Å²) in [5.41, 5.74) is 0.133. The van der Waals surface area contributed by atoms with Gasteiger partial charge in [-0.25, -0.2) is 4.39 Å². The third kappa shape index (κ3) is 5.30.